The molecule has 0 bridgehead atoms. The fraction of sp³-hybridized carbons (Fsp3) is 0.0417. The van der Waals surface area contributed by atoms with Gasteiger partial charge in [0.05, 0.1) is 13.3 Å². The number of nitrogens with one attached hydrogen (secondary N) is 2. The van der Waals surface area contributed by atoms with Gasteiger partial charge in [-0.1, -0.05) is 54.6 Å². The van der Waals surface area contributed by atoms with Gasteiger partial charge in [0.2, 0.25) is 0 Å². The Morgan fingerprint density at radius 3 is 2.17 bits per heavy atom. The van der Waals surface area contributed by atoms with E-state index in [1.165, 1.54) is 7.11 Å². The Bertz CT molecular complexity index is 1230. The minimum Gasteiger partial charge on any atom is -0.497 e. The van der Waals surface area contributed by atoms with E-state index in [-0.39, 0.29) is 0 Å². The van der Waals surface area contributed by atoms with Gasteiger partial charge in [0, 0.05) is 17.3 Å². The number of carbonyl (C=O) groups excluding carboxylic acids is 2. The Labute approximate surface area is 173 Å². The predicted octanol–water partition coefficient (Wildman–Crippen LogP) is 4.09. The number of carbonyl (C=O) groups is 2. The summed E-state index contributed by atoms with van der Waals surface area (Å²) in [6.07, 6.45) is 1.57. The molecule has 0 heterocycles. The van der Waals surface area contributed by atoms with Crippen molar-refractivity contribution in [3.63, 3.8) is 0 Å². The molecule has 0 aliphatic rings. The van der Waals surface area contributed by atoms with Crippen LogP contribution in [0.5, 0.6) is 5.75 Å². The molecular formula is C24H19N3O3. The average Bonchev–Trinajstić information content (AvgIpc) is 2.78. The van der Waals surface area contributed by atoms with Crippen molar-refractivity contribution >= 4 is 45.3 Å². The summed E-state index contributed by atoms with van der Waals surface area (Å²) in [6.45, 7) is 0. The maximum atomic E-state index is 12.2. The Kier molecular flexibility index (Phi) is 5.39. The summed E-state index contributed by atoms with van der Waals surface area (Å²) in [5.74, 6) is -1.10. The van der Waals surface area contributed by atoms with Crippen LogP contribution in [0.2, 0.25) is 0 Å². The van der Waals surface area contributed by atoms with Crippen LogP contribution in [-0.2, 0) is 9.59 Å². The summed E-state index contributed by atoms with van der Waals surface area (Å²) < 4.78 is 5.11. The molecule has 30 heavy (non-hydrogen) atoms. The molecule has 0 saturated carbocycles. The molecule has 0 fully saturated rings. The second kappa shape index (κ2) is 8.45. The lowest BCUT2D eigenvalue weighted by molar-refractivity contribution is -0.136. The zero-order chi connectivity index (χ0) is 20.9. The zero-order valence-corrected chi connectivity index (χ0v) is 16.3. The summed E-state index contributed by atoms with van der Waals surface area (Å²) in [4.78, 5) is 24.3. The molecule has 0 aliphatic heterocycles. The van der Waals surface area contributed by atoms with E-state index in [9.17, 15) is 9.59 Å². The fourth-order valence-electron chi connectivity index (χ4n) is 3.28. The van der Waals surface area contributed by atoms with Gasteiger partial charge in [0.15, 0.2) is 0 Å². The molecule has 4 aromatic rings. The molecule has 0 aromatic heterocycles. The molecule has 6 nitrogen and oxygen atoms in total. The number of methoxy groups -OCH3 is 1. The lowest BCUT2D eigenvalue weighted by atomic mass is 9.97. The first-order chi connectivity index (χ1) is 14.7. The van der Waals surface area contributed by atoms with Gasteiger partial charge in [-0.25, -0.2) is 5.43 Å². The number of ether oxygens (including phenoxy) is 1. The van der Waals surface area contributed by atoms with Gasteiger partial charge in [0.25, 0.3) is 0 Å². The van der Waals surface area contributed by atoms with Crippen LogP contribution in [0, 0.1) is 0 Å². The van der Waals surface area contributed by atoms with Gasteiger partial charge in [-0.2, -0.15) is 5.10 Å². The Hall–Kier alpha value is -4.19. The Morgan fingerprint density at radius 1 is 0.833 bits per heavy atom. The molecule has 0 saturated heterocycles. The van der Waals surface area contributed by atoms with Gasteiger partial charge in [0.1, 0.15) is 5.75 Å². The second-order valence-electron chi connectivity index (χ2n) is 6.62. The average molecular weight is 397 g/mol. The van der Waals surface area contributed by atoms with E-state index < -0.39 is 11.8 Å². The number of benzene rings is 4. The first-order valence-corrected chi connectivity index (χ1v) is 9.34. The molecule has 2 N–H and O–H groups in total. The van der Waals surface area contributed by atoms with Crippen LogP contribution in [0.25, 0.3) is 21.5 Å². The highest BCUT2D eigenvalue weighted by atomic mass is 16.5. The lowest BCUT2D eigenvalue weighted by Crippen LogP contribution is -2.32. The van der Waals surface area contributed by atoms with Crippen LogP contribution < -0.4 is 15.5 Å². The van der Waals surface area contributed by atoms with E-state index >= 15 is 0 Å². The third kappa shape index (κ3) is 3.98. The third-order valence-corrected chi connectivity index (χ3v) is 4.71. The van der Waals surface area contributed by atoms with Crippen LogP contribution in [0.3, 0.4) is 0 Å². The summed E-state index contributed by atoms with van der Waals surface area (Å²) in [5.41, 5.74) is 3.63. The molecular weight excluding hydrogens is 378 g/mol. The van der Waals surface area contributed by atoms with E-state index in [1.807, 2.05) is 48.5 Å². The van der Waals surface area contributed by atoms with Crippen LogP contribution in [0.1, 0.15) is 5.56 Å². The molecule has 4 rings (SSSR count). The van der Waals surface area contributed by atoms with E-state index in [1.54, 1.807) is 30.5 Å². The molecule has 0 atom stereocenters. The van der Waals surface area contributed by atoms with E-state index in [0.717, 1.165) is 27.1 Å². The van der Waals surface area contributed by atoms with E-state index in [0.29, 0.717) is 11.4 Å². The Morgan fingerprint density at radius 2 is 1.50 bits per heavy atom. The van der Waals surface area contributed by atoms with Crippen molar-refractivity contribution in [3.8, 4) is 5.75 Å². The van der Waals surface area contributed by atoms with Gasteiger partial charge in [-0.05, 0) is 39.7 Å². The summed E-state index contributed by atoms with van der Waals surface area (Å²) in [6, 6.07) is 24.8. The number of hydrazone groups is 1. The van der Waals surface area contributed by atoms with E-state index in [4.69, 9.17) is 4.74 Å². The summed E-state index contributed by atoms with van der Waals surface area (Å²) in [7, 11) is 1.53. The first-order valence-electron chi connectivity index (χ1n) is 9.34. The van der Waals surface area contributed by atoms with E-state index in [2.05, 4.69) is 21.9 Å². The summed E-state index contributed by atoms with van der Waals surface area (Å²) >= 11 is 0. The van der Waals surface area contributed by atoms with Gasteiger partial charge in [-0.15, -0.1) is 0 Å². The van der Waals surface area contributed by atoms with Crippen molar-refractivity contribution < 1.29 is 14.3 Å². The molecule has 0 aliphatic carbocycles. The normalized spacial score (nSPS) is 11.0. The number of hydrogen-bond acceptors (Lipinski definition) is 4. The summed E-state index contributed by atoms with van der Waals surface area (Å²) in [5, 5.41) is 10.7. The molecule has 0 radical (unpaired) electrons. The number of anilines is 1. The highest BCUT2D eigenvalue weighted by Gasteiger charge is 2.13. The van der Waals surface area contributed by atoms with Crippen molar-refractivity contribution in [1.29, 1.82) is 0 Å². The van der Waals surface area contributed by atoms with Crippen LogP contribution in [0.4, 0.5) is 5.69 Å². The third-order valence-electron chi connectivity index (χ3n) is 4.71. The van der Waals surface area contributed by atoms with Crippen LogP contribution >= 0.6 is 0 Å². The van der Waals surface area contributed by atoms with Crippen molar-refractivity contribution in [2.24, 2.45) is 5.10 Å². The standard InChI is InChI=1S/C24H19N3O3/c1-30-19-10-6-9-18(14-19)26-23(28)24(29)27-25-15-22-20-11-4-2-7-16(20)13-17-8-3-5-12-21(17)22/h2-15H,1H3,(H,26,28)(H,27,29). The molecule has 0 spiro atoms. The predicted molar refractivity (Wildman–Crippen MR) is 119 cm³/mol. The zero-order valence-electron chi connectivity index (χ0n) is 16.3. The lowest BCUT2D eigenvalue weighted by Gasteiger charge is -2.08. The molecule has 148 valence electrons. The van der Waals surface area contributed by atoms with Crippen molar-refractivity contribution in [3.05, 3.63) is 84.4 Å². The van der Waals surface area contributed by atoms with Crippen molar-refractivity contribution in [2.75, 3.05) is 12.4 Å². The number of fused-ring (bicyclic) bond motifs is 2. The second-order valence-corrected chi connectivity index (χ2v) is 6.62. The van der Waals surface area contributed by atoms with Crippen molar-refractivity contribution in [1.82, 2.24) is 5.43 Å². The molecule has 4 aromatic carbocycles. The number of nitrogens with zero attached hydrogens (tertiary/aromatic N) is 1. The van der Waals surface area contributed by atoms with Gasteiger partial charge < -0.3 is 10.1 Å². The van der Waals surface area contributed by atoms with Crippen LogP contribution in [0.15, 0.2) is 84.0 Å². The highest BCUT2D eigenvalue weighted by molar-refractivity contribution is 6.39. The topological polar surface area (TPSA) is 79.8 Å². The first kappa shape index (κ1) is 19.1. The minimum atomic E-state index is -0.862. The number of amides is 2. The highest BCUT2D eigenvalue weighted by Crippen LogP contribution is 2.27. The monoisotopic (exact) mass is 397 g/mol. The van der Waals surface area contributed by atoms with Crippen LogP contribution in [-0.4, -0.2) is 25.1 Å². The van der Waals surface area contributed by atoms with Gasteiger partial charge >= 0.3 is 11.8 Å². The fourth-order valence-corrected chi connectivity index (χ4v) is 3.28. The molecule has 0 unspecified atom stereocenters. The van der Waals surface area contributed by atoms with Gasteiger partial charge in [-0.3, -0.25) is 9.59 Å². The number of hydrogen-bond donors (Lipinski definition) is 2. The number of rotatable bonds is 4. The maximum absolute atomic E-state index is 12.2. The largest absolute Gasteiger partial charge is 0.497 e. The minimum absolute atomic E-state index is 0.457. The maximum Gasteiger partial charge on any atom is 0.329 e. The SMILES string of the molecule is COc1cccc(NC(=O)C(=O)NN=Cc2c3ccccc3cc3ccccc23)c1. The smallest absolute Gasteiger partial charge is 0.329 e. The molecule has 2 amide bonds. The molecule has 6 heteroatoms. The Balaban J connectivity index is 1.54. The quantitative estimate of drug-likeness (QED) is 0.236. The van der Waals surface area contributed by atoms with Crippen molar-refractivity contribution in [2.45, 2.75) is 0 Å².